The maximum absolute atomic E-state index is 12.2. The number of rotatable bonds is 4. The summed E-state index contributed by atoms with van der Waals surface area (Å²) < 4.78 is 5.27. The van der Waals surface area contributed by atoms with Crippen molar-refractivity contribution in [3.05, 3.63) is 29.3 Å². The van der Waals surface area contributed by atoms with Crippen molar-refractivity contribution in [2.75, 3.05) is 18.5 Å². The second-order valence-electron chi connectivity index (χ2n) is 4.71. The average Bonchev–Trinajstić information content (AvgIpc) is 2.93. The Morgan fingerprint density at radius 3 is 2.50 bits per heavy atom. The van der Waals surface area contributed by atoms with E-state index in [1.165, 1.54) is 11.1 Å². The number of hydrogen-bond acceptors (Lipinski definition) is 2. The van der Waals surface area contributed by atoms with Gasteiger partial charge in [-0.1, -0.05) is 32.0 Å². The number of para-hydroxylation sites is 1. The number of carbonyl (C=O) groups is 1. The van der Waals surface area contributed by atoms with Gasteiger partial charge < -0.3 is 10.1 Å². The van der Waals surface area contributed by atoms with E-state index < -0.39 is 0 Å². The fraction of sp³-hybridized carbons (Fsp3) is 0.533. The van der Waals surface area contributed by atoms with E-state index in [1.807, 2.05) is 0 Å². The standard InChI is InChI=1S/C15H21NO2/c1-3-11-6-5-7-12(4-2)14(11)16-15(17)13-8-9-18-10-13/h5-7,13H,3-4,8-10H2,1-2H3,(H,16,17). The number of benzene rings is 1. The van der Waals surface area contributed by atoms with E-state index in [-0.39, 0.29) is 11.8 Å². The zero-order chi connectivity index (χ0) is 13.0. The first kappa shape index (κ1) is 13.1. The largest absolute Gasteiger partial charge is 0.381 e. The van der Waals surface area contributed by atoms with Crippen molar-refractivity contribution in [2.24, 2.45) is 5.92 Å². The number of anilines is 1. The van der Waals surface area contributed by atoms with Crippen LogP contribution < -0.4 is 5.32 Å². The Balaban J connectivity index is 2.18. The molecule has 0 aromatic heterocycles. The average molecular weight is 247 g/mol. The van der Waals surface area contributed by atoms with E-state index in [9.17, 15) is 4.79 Å². The lowest BCUT2D eigenvalue weighted by Gasteiger charge is -2.16. The van der Waals surface area contributed by atoms with Gasteiger partial charge in [-0.05, 0) is 30.4 Å². The van der Waals surface area contributed by atoms with Crippen LogP contribution in [-0.4, -0.2) is 19.1 Å². The molecule has 3 nitrogen and oxygen atoms in total. The molecule has 0 bridgehead atoms. The number of amides is 1. The predicted molar refractivity (Wildman–Crippen MR) is 72.8 cm³/mol. The van der Waals surface area contributed by atoms with Crippen LogP contribution in [0, 0.1) is 5.92 Å². The van der Waals surface area contributed by atoms with Gasteiger partial charge in [-0.25, -0.2) is 0 Å². The monoisotopic (exact) mass is 247 g/mol. The quantitative estimate of drug-likeness (QED) is 0.888. The van der Waals surface area contributed by atoms with Gasteiger partial charge in [0, 0.05) is 12.3 Å². The molecule has 1 N–H and O–H groups in total. The third-order valence-corrected chi connectivity index (χ3v) is 3.55. The van der Waals surface area contributed by atoms with Gasteiger partial charge in [0.25, 0.3) is 0 Å². The Labute approximate surface area is 109 Å². The molecule has 2 rings (SSSR count). The van der Waals surface area contributed by atoms with Crippen LogP contribution in [-0.2, 0) is 22.4 Å². The van der Waals surface area contributed by atoms with Crippen LogP contribution in [0.5, 0.6) is 0 Å². The minimum atomic E-state index is 0.0135. The zero-order valence-corrected chi connectivity index (χ0v) is 11.2. The molecule has 0 aliphatic carbocycles. The van der Waals surface area contributed by atoms with Crippen molar-refractivity contribution < 1.29 is 9.53 Å². The lowest BCUT2D eigenvalue weighted by atomic mass is 10.0. The SMILES string of the molecule is CCc1cccc(CC)c1NC(=O)C1CCOC1. The molecule has 1 heterocycles. The minimum Gasteiger partial charge on any atom is -0.381 e. The molecule has 1 saturated heterocycles. The van der Waals surface area contributed by atoms with Crippen LogP contribution in [0.25, 0.3) is 0 Å². The first-order valence-corrected chi connectivity index (χ1v) is 6.75. The number of carbonyl (C=O) groups excluding carboxylic acids is 1. The van der Waals surface area contributed by atoms with E-state index in [0.29, 0.717) is 13.2 Å². The van der Waals surface area contributed by atoms with Gasteiger partial charge in [-0.2, -0.15) is 0 Å². The van der Waals surface area contributed by atoms with Crippen LogP contribution in [0.15, 0.2) is 18.2 Å². The summed E-state index contributed by atoms with van der Waals surface area (Å²) in [7, 11) is 0. The predicted octanol–water partition coefficient (Wildman–Crippen LogP) is 2.79. The third kappa shape index (κ3) is 2.72. The van der Waals surface area contributed by atoms with E-state index in [4.69, 9.17) is 4.74 Å². The molecule has 98 valence electrons. The Morgan fingerprint density at radius 2 is 2.00 bits per heavy atom. The molecule has 1 amide bonds. The number of nitrogens with one attached hydrogen (secondary N) is 1. The highest BCUT2D eigenvalue weighted by atomic mass is 16.5. The molecule has 1 fully saturated rings. The summed E-state index contributed by atoms with van der Waals surface area (Å²) in [5, 5.41) is 3.10. The molecule has 1 aromatic carbocycles. The molecule has 1 aliphatic rings. The van der Waals surface area contributed by atoms with Crippen molar-refractivity contribution in [1.82, 2.24) is 0 Å². The van der Waals surface area contributed by atoms with Crippen LogP contribution >= 0.6 is 0 Å². The first-order valence-electron chi connectivity index (χ1n) is 6.75. The molecule has 0 saturated carbocycles. The molecule has 1 aromatic rings. The van der Waals surface area contributed by atoms with Crippen molar-refractivity contribution in [1.29, 1.82) is 0 Å². The van der Waals surface area contributed by atoms with Gasteiger partial charge in [0.15, 0.2) is 0 Å². The Bertz CT molecular complexity index is 400. The Hall–Kier alpha value is -1.35. The summed E-state index contributed by atoms with van der Waals surface area (Å²) in [6, 6.07) is 6.23. The zero-order valence-electron chi connectivity index (χ0n) is 11.2. The van der Waals surface area contributed by atoms with Crippen molar-refractivity contribution >= 4 is 11.6 Å². The van der Waals surface area contributed by atoms with E-state index in [0.717, 1.165) is 24.9 Å². The smallest absolute Gasteiger partial charge is 0.229 e. The topological polar surface area (TPSA) is 38.3 Å². The third-order valence-electron chi connectivity index (χ3n) is 3.55. The van der Waals surface area contributed by atoms with E-state index in [1.54, 1.807) is 0 Å². The number of ether oxygens (including phenoxy) is 1. The highest BCUT2D eigenvalue weighted by Gasteiger charge is 2.24. The minimum absolute atomic E-state index is 0.0135. The van der Waals surface area contributed by atoms with Crippen LogP contribution in [0.3, 0.4) is 0 Å². The second kappa shape index (κ2) is 6.01. The summed E-state index contributed by atoms with van der Waals surface area (Å²) in [5.74, 6) is 0.114. The van der Waals surface area contributed by atoms with Gasteiger partial charge in [0.05, 0.1) is 12.5 Å². The highest BCUT2D eigenvalue weighted by Crippen LogP contribution is 2.24. The molecule has 1 aliphatic heterocycles. The highest BCUT2D eigenvalue weighted by molar-refractivity contribution is 5.94. The number of hydrogen-bond donors (Lipinski definition) is 1. The Morgan fingerprint density at radius 1 is 1.33 bits per heavy atom. The summed E-state index contributed by atoms with van der Waals surface area (Å²) in [6.07, 6.45) is 2.71. The molecular formula is C15H21NO2. The summed E-state index contributed by atoms with van der Waals surface area (Å²) in [6.45, 7) is 5.49. The molecule has 0 spiro atoms. The molecule has 0 radical (unpaired) electrons. The lowest BCUT2D eigenvalue weighted by Crippen LogP contribution is -2.24. The van der Waals surface area contributed by atoms with Crippen molar-refractivity contribution in [2.45, 2.75) is 33.1 Å². The summed E-state index contributed by atoms with van der Waals surface area (Å²) in [4.78, 5) is 12.2. The second-order valence-corrected chi connectivity index (χ2v) is 4.71. The van der Waals surface area contributed by atoms with E-state index >= 15 is 0 Å². The molecule has 1 atom stereocenters. The lowest BCUT2D eigenvalue weighted by molar-refractivity contribution is -0.119. The van der Waals surface area contributed by atoms with Crippen LogP contribution in [0.1, 0.15) is 31.4 Å². The van der Waals surface area contributed by atoms with Gasteiger partial charge in [-0.15, -0.1) is 0 Å². The van der Waals surface area contributed by atoms with Crippen LogP contribution in [0.2, 0.25) is 0 Å². The normalized spacial score (nSPS) is 18.9. The van der Waals surface area contributed by atoms with Crippen molar-refractivity contribution in [3.63, 3.8) is 0 Å². The Kier molecular flexibility index (Phi) is 4.37. The summed E-state index contributed by atoms with van der Waals surface area (Å²) >= 11 is 0. The van der Waals surface area contributed by atoms with Crippen LogP contribution in [0.4, 0.5) is 5.69 Å². The van der Waals surface area contributed by atoms with Gasteiger partial charge >= 0.3 is 0 Å². The molecule has 1 unspecified atom stereocenters. The fourth-order valence-electron chi connectivity index (χ4n) is 2.37. The number of aryl methyl sites for hydroxylation is 2. The first-order chi connectivity index (χ1) is 8.76. The van der Waals surface area contributed by atoms with Gasteiger partial charge in [-0.3, -0.25) is 4.79 Å². The maximum atomic E-state index is 12.2. The molecule has 18 heavy (non-hydrogen) atoms. The maximum Gasteiger partial charge on any atom is 0.229 e. The molecule has 3 heteroatoms. The molecular weight excluding hydrogens is 226 g/mol. The van der Waals surface area contributed by atoms with Crippen molar-refractivity contribution in [3.8, 4) is 0 Å². The fourth-order valence-corrected chi connectivity index (χ4v) is 2.37. The summed E-state index contributed by atoms with van der Waals surface area (Å²) in [5.41, 5.74) is 3.43. The van der Waals surface area contributed by atoms with Gasteiger partial charge in [0.1, 0.15) is 0 Å². The van der Waals surface area contributed by atoms with Gasteiger partial charge in [0.2, 0.25) is 5.91 Å². The van der Waals surface area contributed by atoms with E-state index in [2.05, 4.69) is 37.4 Å².